The number of hydrogen-bond acceptors (Lipinski definition) is 5. The lowest BCUT2D eigenvalue weighted by Gasteiger charge is -2.50. The molecular formula is C36H48N4O3. The van der Waals surface area contributed by atoms with E-state index in [1.165, 1.54) is 22.3 Å². The number of nitrogen functional groups attached to an aromatic ring is 1. The van der Waals surface area contributed by atoms with Crippen LogP contribution in [0.25, 0.3) is 0 Å². The van der Waals surface area contributed by atoms with Gasteiger partial charge in [-0.1, -0.05) is 38.8 Å². The molecule has 0 bridgehead atoms. The van der Waals surface area contributed by atoms with Gasteiger partial charge in [-0.15, -0.1) is 0 Å². The van der Waals surface area contributed by atoms with Gasteiger partial charge in [-0.3, -0.25) is 14.4 Å². The van der Waals surface area contributed by atoms with E-state index in [2.05, 4.69) is 54.1 Å². The van der Waals surface area contributed by atoms with Gasteiger partial charge < -0.3 is 21.7 Å². The molecule has 0 aliphatic heterocycles. The largest absolute Gasteiger partial charge is 0.399 e. The molecule has 0 spiro atoms. The van der Waals surface area contributed by atoms with Gasteiger partial charge in [-0.05, 0) is 128 Å². The average molecular weight is 585 g/mol. The lowest BCUT2D eigenvalue weighted by Crippen LogP contribution is -2.51. The van der Waals surface area contributed by atoms with Crippen molar-refractivity contribution < 1.29 is 14.4 Å². The molecule has 2 saturated carbocycles. The minimum absolute atomic E-state index is 0.0474. The number of carbonyl (C=O) groups is 3. The van der Waals surface area contributed by atoms with Crippen LogP contribution in [0, 0.1) is 23.7 Å². The number of anilines is 2. The number of fused-ring (bicyclic) bond motifs is 6. The number of likely N-dealkylation sites (N-methyl/N-ethyl adjacent to an activating group) is 1. The highest BCUT2D eigenvalue weighted by atomic mass is 16.2. The van der Waals surface area contributed by atoms with Crippen LogP contribution in [-0.2, 0) is 38.1 Å². The second-order valence-corrected chi connectivity index (χ2v) is 14.2. The molecule has 0 saturated heterocycles. The van der Waals surface area contributed by atoms with Crippen molar-refractivity contribution in [3.05, 3.63) is 58.7 Å². The van der Waals surface area contributed by atoms with E-state index in [0.717, 1.165) is 75.6 Å². The summed E-state index contributed by atoms with van der Waals surface area (Å²) in [7, 11) is 1.76. The number of amides is 2. The quantitative estimate of drug-likeness (QED) is 0.340. The Morgan fingerprint density at radius 1 is 0.814 bits per heavy atom. The molecule has 4 aliphatic carbocycles. The van der Waals surface area contributed by atoms with Crippen LogP contribution in [0.3, 0.4) is 0 Å². The van der Waals surface area contributed by atoms with Gasteiger partial charge in [0.25, 0.3) is 0 Å². The first kappa shape index (κ1) is 29.9. The number of benzene rings is 2. The predicted octanol–water partition coefficient (Wildman–Crippen LogP) is 5.05. The average Bonchev–Trinajstić information content (AvgIpc) is 2.99. The second-order valence-electron chi connectivity index (χ2n) is 14.2. The monoisotopic (exact) mass is 584 g/mol. The fourth-order valence-electron chi connectivity index (χ4n) is 9.62. The molecule has 4 aliphatic rings. The van der Waals surface area contributed by atoms with Crippen molar-refractivity contribution >= 4 is 29.0 Å². The lowest BCUT2D eigenvalue weighted by atomic mass is 9.54. The predicted molar refractivity (Wildman–Crippen MR) is 171 cm³/mol. The summed E-state index contributed by atoms with van der Waals surface area (Å²) >= 11 is 0. The van der Waals surface area contributed by atoms with Crippen molar-refractivity contribution in [3.8, 4) is 0 Å². The molecule has 6 rings (SSSR count). The number of aryl methyl sites for hydroxylation is 2. The highest BCUT2D eigenvalue weighted by molar-refractivity contribution is 5.92. The Morgan fingerprint density at radius 3 is 2.09 bits per heavy atom. The summed E-state index contributed by atoms with van der Waals surface area (Å²) in [6.07, 6.45) is 9.74. The molecular weight excluding hydrogens is 536 g/mol. The first-order chi connectivity index (χ1) is 20.6. The smallest absolute Gasteiger partial charge is 0.238 e. The molecule has 0 heterocycles. The summed E-state index contributed by atoms with van der Waals surface area (Å²) in [5, 5.41) is 9.05. The summed E-state index contributed by atoms with van der Waals surface area (Å²) < 4.78 is 0. The van der Waals surface area contributed by atoms with Crippen molar-refractivity contribution in [1.29, 1.82) is 0 Å². The Morgan fingerprint density at radius 2 is 1.42 bits per heavy atom. The fourth-order valence-corrected chi connectivity index (χ4v) is 9.62. The Kier molecular flexibility index (Phi) is 8.14. The zero-order chi connectivity index (χ0) is 30.4. The van der Waals surface area contributed by atoms with Crippen LogP contribution in [0.2, 0.25) is 0 Å². The second kappa shape index (κ2) is 11.7. The van der Waals surface area contributed by atoms with Crippen molar-refractivity contribution in [1.82, 2.24) is 10.6 Å². The number of Topliss-reactive ketones (excluding diaryl/α,β-unsaturated/α-hetero) is 1. The summed E-state index contributed by atoms with van der Waals surface area (Å²) in [4.78, 5) is 39.8. The van der Waals surface area contributed by atoms with Crippen LogP contribution < -0.4 is 21.7 Å². The number of hydrogen-bond donors (Lipinski definition) is 4. The molecule has 2 fully saturated rings. The summed E-state index contributed by atoms with van der Waals surface area (Å²) in [5.74, 6) is 0.526. The maximum Gasteiger partial charge on any atom is 0.238 e. The van der Waals surface area contributed by atoms with Gasteiger partial charge in [0.2, 0.25) is 11.8 Å². The molecule has 2 aromatic carbocycles. The number of nitrogens with one attached hydrogen (secondary N) is 3. The molecule has 6 unspecified atom stereocenters. The third-order valence-corrected chi connectivity index (χ3v) is 11.8. The van der Waals surface area contributed by atoms with E-state index >= 15 is 0 Å². The van der Waals surface area contributed by atoms with E-state index in [1.54, 1.807) is 7.05 Å². The third-order valence-electron chi connectivity index (χ3n) is 11.8. The Hall–Kier alpha value is -3.19. The van der Waals surface area contributed by atoms with Crippen molar-refractivity contribution in [3.63, 3.8) is 0 Å². The minimum atomic E-state index is -0.123. The first-order valence-corrected chi connectivity index (χ1v) is 16.4. The molecule has 230 valence electrons. The van der Waals surface area contributed by atoms with Crippen LogP contribution >= 0.6 is 0 Å². The van der Waals surface area contributed by atoms with Crippen LogP contribution in [0.5, 0.6) is 0 Å². The third kappa shape index (κ3) is 5.39. The molecule has 2 amide bonds. The molecule has 7 nitrogen and oxygen atoms in total. The van der Waals surface area contributed by atoms with Gasteiger partial charge in [-0.25, -0.2) is 0 Å². The zero-order valence-electron chi connectivity index (χ0n) is 26.1. The number of ketones is 1. The van der Waals surface area contributed by atoms with Gasteiger partial charge in [0.05, 0.1) is 13.1 Å². The fraction of sp³-hybridized carbons (Fsp3) is 0.583. The molecule has 0 radical (unpaired) electrons. The van der Waals surface area contributed by atoms with Gasteiger partial charge in [0.15, 0.2) is 5.78 Å². The minimum Gasteiger partial charge on any atom is -0.399 e. The SMILES string of the molecule is CNCC(=O)Nc1ccc2c(c1)C1(C)CCCC(C(=O)CNC(=O)C3CCCC4(C)c5cc(N)ccc5CCC34)C1CC2. The summed E-state index contributed by atoms with van der Waals surface area (Å²) in [5.41, 5.74) is 12.9. The maximum atomic E-state index is 13.8. The van der Waals surface area contributed by atoms with Crippen LogP contribution in [-0.4, -0.2) is 37.7 Å². The molecule has 43 heavy (non-hydrogen) atoms. The highest BCUT2D eigenvalue weighted by Crippen LogP contribution is 2.54. The van der Waals surface area contributed by atoms with E-state index in [4.69, 9.17) is 5.73 Å². The van der Waals surface area contributed by atoms with E-state index in [0.29, 0.717) is 0 Å². The summed E-state index contributed by atoms with van der Waals surface area (Å²) in [6.45, 7) is 5.01. The van der Waals surface area contributed by atoms with Gasteiger partial charge >= 0.3 is 0 Å². The number of nitrogens with two attached hydrogens (primary N) is 1. The standard InChI is InChI=1S/C36H48N4O3/c1-35-16-4-6-26(28(35)14-10-23-9-13-25(19-31(23)35)40-33(42)21-38-3)32(41)20-39-34(43)27-7-5-17-36(2)29(27)15-11-22-8-12-24(37)18-30(22)36/h8-9,12-13,18-19,26-29,38H,4-7,10-11,14-17,20-21,37H2,1-3H3,(H,39,43)(H,40,42). The van der Waals surface area contributed by atoms with Crippen LogP contribution in [0.1, 0.15) is 87.5 Å². The summed E-state index contributed by atoms with van der Waals surface area (Å²) in [6, 6.07) is 12.6. The van der Waals surface area contributed by atoms with E-state index in [1.807, 2.05) is 12.1 Å². The molecule has 5 N–H and O–H groups in total. The molecule has 2 aromatic rings. The topological polar surface area (TPSA) is 113 Å². The molecule has 7 heteroatoms. The lowest BCUT2D eigenvalue weighted by molar-refractivity contribution is -0.134. The van der Waals surface area contributed by atoms with Crippen LogP contribution in [0.15, 0.2) is 36.4 Å². The normalized spacial score (nSPS) is 31.0. The van der Waals surface area contributed by atoms with Crippen molar-refractivity contribution in [2.24, 2.45) is 23.7 Å². The molecule has 0 aromatic heterocycles. The van der Waals surface area contributed by atoms with Crippen molar-refractivity contribution in [2.75, 3.05) is 31.2 Å². The van der Waals surface area contributed by atoms with Gasteiger partial charge in [0, 0.05) is 23.2 Å². The first-order valence-electron chi connectivity index (χ1n) is 16.4. The van der Waals surface area contributed by atoms with E-state index in [9.17, 15) is 14.4 Å². The Balaban J connectivity index is 1.14. The van der Waals surface area contributed by atoms with E-state index in [-0.39, 0.29) is 65.2 Å². The Bertz CT molecular complexity index is 1420. The van der Waals surface area contributed by atoms with Gasteiger partial charge in [-0.2, -0.15) is 0 Å². The van der Waals surface area contributed by atoms with E-state index < -0.39 is 0 Å². The molecule has 6 atom stereocenters. The number of rotatable bonds is 7. The van der Waals surface area contributed by atoms with Crippen molar-refractivity contribution in [2.45, 2.75) is 88.9 Å². The van der Waals surface area contributed by atoms with Gasteiger partial charge in [0.1, 0.15) is 0 Å². The highest BCUT2D eigenvalue weighted by Gasteiger charge is 2.50. The zero-order valence-corrected chi connectivity index (χ0v) is 26.1. The number of carbonyl (C=O) groups excluding carboxylic acids is 3. The van der Waals surface area contributed by atoms with Crippen LogP contribution in [0.4, 0.5) is 11.4 Å². The Labute approximate surface area is 256 Å². The maximum absolute atomic E-state index is 13.8.